The number of hydrogen-bond donors (Lipinski definition) is 1. The minimum Gasteiger partial charge on any atom is -0.462 e. The van der Waals surface area contributed by atoms with E-state index < -0.39 is 23.0 Å². The number of nitrogens with zero attached hydrogens (tertiary/aromatic N) is 4. The van der Waals surface area contributed by atoms with Gasteiger partial charge in [-0.05, 0) is 31.5 Å². The van der Waals surface area contributed by atoms with Crippen molar-refractivity contribution in [2.75, 3.05) is 24.6 Å². The Bertz CT molecular complexity index is 1290. The Morgan fingerprint density at radius 1 is 1.30 bits per heavy atom. The number of esters is 1. The second kappa shape index (κ2) is 8.93. The Morgan fingerprint density at radius 3 is 2.76 bits per heavy atom. The van der Waals surface area contributed by atoms with Gasteiger partial charge in [-0.15, -0.1) is 0 Å². The van der Waals surface area contributed by atoms with E-state index in [2.05, 4.69) is 15.3 Å². The molecule has 1 atom stereocenters. The van der Waals surface area contributed by atoms with Crippen LogP contribution in [0.4, 0.5) is 14.6 Å². The average Bonchev–Trinajstić information content (AvgIpc) is 3.22. The van der Waals surface area contributed by atoms with Gasteiger partial charge in [0.1, 0.15) is 17.2 Å². The highest BCUT2D eigenvalue weighted by Gasteiger charge is 2.28. The quantitative estimate of drug-likeness (QED) is 0.584. The van der Waals surface area contributed by atoms with Crippen LogP contribution in [0, 0.1) is 11.6 Å². The smallest absolute Gasteiger partial charge is 0.343 e. The van der Waals surface area contributed by atoms with Gasteiger partial charge in [0.25, 0.3) is 0 Å². The van der Waals surface area contributed by atoms with Crippen LogP contribution < -0.4 is 15.6 Å². The Morgan fingerprint density at radius 2 is 2.09 bits per heavy atom. The minimum absolute atomic E-state index is 0.00509. The molecule has 4 heterocycles. The predicted octanol–water partition coefficient (Wildman–Crippen LogP) is 1.95. The van der Waals surface area contributed by atoms with E-state index in [4.69, 9.17) is 4.74 Å². The van der Waals surface area contributed by atoms with Crippen LogP contribution in [0.3, 0.4) is 0 Å². The number of carbonyl (C=O) groups is 2. The summed E-state index contributed by atoms with van der Waals surface area (Å²) in [6.45, 7) is 3.83. The summed E-state index contributed by atoms with van der Waals surface area (Å²) in [6, 6.07) is 3.38. The molecular weight excluding hydrogens is 436 g/mol. The maximum atomic E-state index is 15.1. The van der Waals surface area contributed by atoms with Gasteiger partial charge in [0.2, 0.25) is 11.3 Å². The van der Waals surface area contributed by atoms with E-state index in [1.54, 1.807) is 11.8 Å². The maximum Gasteiger partial charge on any atom is 0.343 e. The van der Waals surface area contributed by atoms with E-state index in [9.17, 15) is 18.8 Å². The average molecular weight is 457 g/mol. The fourth-order valence-electron chi connectivity index (χ4n) is 3.83. The fraction of sp³-hybridized carbons (Fsp3) is 0.318. The molecule has 0 aromatic carbocycles. The van der Waals surface area contributed by atoms with Crippen molar-refractivity contribution in [3.05, 3.63) is 58.0 Å². The van der Waals surface area contributed by atoms with Gasteiger partial charge >= 0.3 is 5.97 Å². The Labute approximate surface area is 187 Å². The summed E-state index contributed by atoms with van der Waals surface area (Å²) in [5.74, 6) is -2.21. The lowest BCUT2D eigenvalue weighted by molar-refractivity contribution is -0.119. The summed E-state index contributed by atoms with van der Waals surface area (Å²) in [6.07, 6.45) is 2.79. The summed E-state index contributed by atoms with van der Waals surface area (Å²) in [7, 11) is 0. The van der Waals surface area contributed by atoms with E-state index in [1.807, 2.05) is 0 Å². The molecule has 172 valence electrons. The highest BCUT2D eigenvalue weighted by Crippen LogP contribution is 2.26. The molecule has 0 saturated carbocycles. The molecule has 1 N–H and O–H groups in total. The van der Waals surface area contributed by atoms with Crippen molar-refractivity contribution in [3.63, 3.8) is 0 Å². The van der Waals surface area contributed by atoms with Gasteiger partial charge in [0.15, 0.2) is 17.3 Å². The van der Waals surface area contributed by atoms with Crippen LogP contribution in [0.15, 0.2) is 35.4 Å². The SMILES string of the molecule is CCOC(=O)c1cn(-c2ccc(F)cn2)c2nc(N3CCC(NC(C)=O)C3)c(F)cc2c1=O. The maximum absolute atomic E-state index is 15.1. The van der Waals surface area contributed by atoms with Crippen LogP contribution in [0.25, 0.3) is 16.9 Å². The Hall–Kier alpha value is -3.89. The number of ether oxygens (including phenoxy) is 1. The van der Waals surface area contributed by atoms with Crippen molar-refractivity contribution in [1.29, 1.82) is 0 Å². The molecule has 1 unspecified atom stereocenters. The van der Waals surface area contributed by atoms with Crippen LogP contribution in [-0.2, 0) is 9.53 Å². The van der Waals surface area contributed by atoms with Gasteiger partial charge in [0, 0.05) is 32.3 Å². The van der Waals surface area contributed by atoms with E-state index in [-0.39, 0.29) is 46.8 Å². The van der Waals surface area contributed by atoms with E-state index in [1.165, 1.54) is 29.8 Å². The number of pyridine rings is 3. The van der Waals surface area contributed by atoms with Gasteiger partial charge < -0.3 is 15.0 Å². The normalized spacial score (nSPS) is 15.6. The molecule has 33 heavy (non-hydrogen) atoms. The fourth-order valence-corrected chi connectivity index (χ4v) is 3.83. The van der Waals surface area contributed by atoms with E-state index in [0.717, 1.165) is 12.3 Å². The molecule has 9 nitrogen and oxygen atoms in total. The number of nitrogens with one attached hydrogen (secondary N) is 1. The molecule has 1 amide bonds. The third-order valence-electron chi connectivity index (χ3n) is 5.26. The highest BCUT2D eigenvalue weighted by molar-refractivity contribution is 5.93. The lowest BCUT2D eigenvalue weighted by atomic mass is 10.2. The first-order valence-corrected chi connectivity index (χ1v) is 10.4. The lowest BCUT2D eigenvalue weighted by Crippen LogP contribution is -2.36. The van der Waals surface area contributed by atoms with Crippen LogP contribution in [-0.4, -0.2) is 52.1 Å². The third kappa shape index (κ3) is 4.38. The molecule has 3 aromatic heterocycles. The Balaban J connectivity index is 1.89. The second-order valence-corrected chi connectivity index (χ2v) is 7.59. The standard InChI is InChI=1S/C22H21F2N5O4/c1-3-33-22(32)16-11-29(18-5-4-13(23)9-25-18)20-15(19(16)31)8-17(24)21(27-20)28-7-6-14(10-28)26-12(2)30/h4-5,8-9,11,14H,3,6-7,10H2,1-2H3,(H,26,30). The molecule has 0 spiro atoms. The van der Waals surface area contributed by atoms with Gasteiger partial charge in [-0.25, -0.2) is 23.5 Å². The monoisotopic (exact) mass is 457 g/mol. The van der Waals surface area contributed by atoms with Gasteiger partial charge in [-0.1, -0.05) is 0 Å². The van der Waals surface area contributed by atoms with Gasteiger partial charge in [-0.2, -0.15) is 0 Å². The summed E-state index contributed by atoms with van der Waals surface area (Å²) < 4.78 is 34.8. The van der Waals surface area contributed by atoms with Crippen LogP contribution in [0.1, 0.15) is 30.6 Å². The molecule has 11 heteroatoms. The number of anilines is 1. The van der Waals surface area contributed by atoms with Gasteiger partial charge in [-0.3, -0.25) is 14.2 Å². The van der Waals surface area contributed by atoms with Crippen molar-refractivity contribution in [1.82, 2.24) is 19.9 Å². The number of halogens is 2. The van der Waals surface area contributed by atoms with Crippen LogP contribution in [0.2, 0.25) is 0 Å². The zero-order valence-corrected chi connectivity index (χ0v) is 18.0. The van der Waals surface area contributed by atoms with Gasteiger partial charge in [0.05, 0.1) is 18.2 Å². The molecular formula is C22H21F2N5O4. The molecule has 1 saturated heterocycles. The summed E-state index contributed by atoms with van der Waals surface area (Å²) >= 11 is 0. The predicted molar refractivity (Wildman–Crippen MR) is 115 cm³/mol. The van der Waals surface area contributed by atoms with E-state index in [0.29, 0.717) is 19.5 Å². The molecule has 1 fully saturated rings. The minimum atomic E-state index is -0.873. The molecule has 4 rings (SSSR count). The summed E-state index contributed by atoms with van der Waals surface area (Å²) in [5.41, 5.74) is -1.01. The van der Waals surface area contributed by atoms with Crippen molar-refractivity contribution in [2.24, 2.45) is 0 Å². The zero-order chi connectivity index (χ0) is 23.7. The largest absolute Gasteiger partial charge is 0.462 e. The summed E-state index contributed by atoms with van der Waals surface area (Å²) in [4.78, 5) is 46.8. The highest BCUT2D eigenvalue weighted by atomic mass is 19.1. The third-order valence-corrected chi connectivity index (χ3v) is 5.26. The first-order chi connectivity index (χ1) is 15.8. The van der Waals surface area contributed by atoms with Crippen molar-refractivity contribution in [3.8, 4) is 5.82 Å². The number of fused-ring (bicyclic) bond motifs is 1. The molecule has 3 aromatic rings. The van der Waals surface area contributed by atoms with Crippen molar-refractivity contribution in [2.45, 2.75) is 26.3 Å². The molecule has 1 aliphatic rings. The van der Waals surface area contributed by atoms with Crippen LogP contribution >= 0.6 is 0 Å². The summed E-state index contributed by atoms with van der Waals surface area (Å²) in [5, 5.41) is 2.65. The van der Waals surface area contributed by atoms with Crippen molar-refractivity contribution < 1.29 is 23.1 Å². The van der Waals surface area contributed by atoms with Crippen LogP contribution in [0.5, 0.6) is 0 Å². The first-order valence-electron chi connectivity index (χ1n) is 10.4. The Kier molecular flexibility index (Phi) is 6.03. The second-order valence-electron chi connectivity index (χ2n) is 7.59. The number of aromatic nitrogens is 3. The number of rotatable bonds is 5. The number of amides is 1. The molecule has 0 radical (unpaired) electrons. The van der Waals surface area contributed by atoms with Crippen molar-refractivity contribution >= 4 is 28.7 Å². The molecule has 0 bridgehead atoms. The zero-order valence-electron chi connectivity index (χ0n) is 18.0. The number of hydrogen-bond acceptors (Lipinski definition) is 7. The molecule has 0 aliphatic carbocycles. The first kappa shape index (κ1) is 22.3. The number of carbonyl (C=O) groups excluding carboxylic acids is 2. The van der Waals surface area contributed by atoms with E-state index >= 15 is 4.39 Å². The lowest BCUT2D eigenvalue weighted by Gasteiger charge is -2.20. The topological polar surface area (TPSA) is 106 Å². The molecule has 1 aliphatic heterocycles.